The Morgan fingerprint density at radius 3 is 2.17 bits per heavy atom. The van der Waals surface area contributed by atoms with Crippen LogP contribution in [0.5, 0.6) is 0 Å². The quantitative estimate of drug-likeness (QED) is 0.531. The van der Waals surface area contributed by atoms with Gasteiger partial charge in [0.2, 0.25) is 0 Å². The highest BCUT2D eigenvalue weighted by molar-refractivity contribution is 7.18. The second kappa shape index (κ2) is 2.92. The lowest BCUT2D eigenvalue weighted by Crippen LogP contribution is -2.36. The Balaban J connectivity index is 2.71. The van der Waals surface area contributed by atoms with Gasteiger partial charge in [-0.3, -0.25) is 4.90 Å². The van der Waals surface area contributed by atoms with Gasteiger partial charge in [0.1, 0.15) is 5.41 Å². The van der Waals surface area contributed by atoms with Crippen molar-refractivity contribution < 1.29 is 4.39 Å². The number of halogens is 1. The van der Waals surface area contributed by atoms with Gasteiger partial charge in [-0.15, -0.1) is 0 Å². The molecule has 0 bridgehead atoms. The molecule has 0 aromatic carbocycles. The first kappa shape index (κ1) is 10.4. The van der Waals surface area contributed by atoms with E-state index in [4.69, 9.17) is 0 Å². The van der Waals surface area contributed by atoms with Gasteiger partial charge in [-0.1, -0.05) is 30.0 Å². The Morgan fingerprint density at radius 1 is 1.50 bits per heavy atom. The third-order valence-corrected chi connectivity index (χ3v) is 2.99. The number of alkyl halides is 1. The molecule has 0 amide bonds. The predicted molar refractivity (Wildman–Crippen MR) is 54.0 cm³/mol. The second-order valence-electron chi connectivity index (χ2n) is 5.04. The van der Waals surface area contributed by atoms with Gasteiger partial charge in [-0.05, 0) is 12.5 Å². The standard InChI is InChI=1S/C9H19FNP/c1-8(2,3)7-5-9(10,12)6-11(7)4/h7H,5-6,12H2,1-4H3. The molecule has 3 unspecified atom stereocenters. The van der Waals surface area contributed by atoms with Crippen molar-refractivity contribution in [1.82, 2.24) is 4.90 Å². The topological polar surface area (TPSA) is 3.24 Å². The molecule has 1 aliphatic rings. The Hall–Kier alpha value is 0.320. The maximum Gasteiger partial charge on any atom is 0.137 e. The van der Waals surface area contributed by atoms with E-state index in [1.54, 1.807) is 0 Å². The van der Waals surface area contributed by atoms with Crippen LogP contribution in [0.2, 0.25) is 0 Å². The highest BCUT2D eigenvalue weighted by Gasteiger charge is 2.43. The molecule has 1 fully saturated rings. The number of nitrogens with zero attached hydrogens (tertiary/aromatic N) is 1. The van der Waals surface area contributed by atoms with Gasteiger partial charge in [-0.25, -0.2) is 4.39 Å². The lowest BCUT2D eigenvalue weighted by molar-refractivity contribution is 0.169. The second-order valence-corrected chi connectivity index (χ2v) is 6.07. The zero-order valence-corrected chi connectivity index (χ0v) is 9.55. The predicted octanol–water partition coefficient (Wildman–Crippen LogP) is 2.28. The fourth-order valence-electron chi connectivity index (χ4n) is 2.03. The van der Waals surface area contributed by atoms with Crippen molar-refractivity contribution in [3.05, 3.63) is 0 Å². The molecule has 1 aliphatic heterocycles. The molecule has 3 heteroatoms. The summed E-state index contributed by atoms with van der Waals surface area (Å²) in [4.78, 5) is 2.12. The number of hydrogen-bond donors (Lipinski definition) is 0. The van der Waals surface area contributed by atoms with E-state index < -0.39 is 5.41 Å². The molecule has 1 nitrogen and oxygen atoms in total. The van der Waals surface area contributed by atoms with E-state index in [0.29, 0.717) is 19.0 Å². The molecule has 1 saturated heterocycles. The van der Waals surface area contributed by atoms with Crippen LogP contribution in [-0.4, -0.2) is 29.9 Å². The highest BCUT2D eigenvalue weighted by Crippen LogP contribution is 2.41. The molecule has 3 atom stereocenters. The van der Waals surface area contributed by atoms with Crippen LogP contribution in [0.3, 0.4) is 0 Å². The SMILES string of the molecule is CN1CC(F)(P)CC1C(C)(C)C. The normalized spacial score (nSPS) is 39.0. The summed E-state index contributed by atoms with van der Waals surface area (Å²) >= 11 is 0. The molecule has 12 heavy (non-hydrogen) atoms. The molecule has 1 heterocycles. The molecule has 0 radical (unpaired) electrons. The Kier molecular flexibility index (Phi) is 2.53. The molecule has 0 saturated carbocycles. The minimum Gasteiger partial charge on any atom is -0.299 e. The van der Waals surface area contributed by atoms with Gasteiger partial charge in [0, 0.05) is 19.0 Å². The largest absolute Gasteiger partial charge is 0.299 e. The summed E-state index contributed by atoms with van der Waals surface area (Å²) in [6, 6.07) is 0.361. The van der Waals surface area contributed by atoms with Crippen molar-refractivity contribution >= 4 is 9.24 Å². The molecular weight excluding hydrogens is 172 g/mol. The van der Waals surface area contributed by atoms with Crippen LogP contribution in [0, 0.1) is 5.41 Å². The zero-order chi connectivity index (χ0) is 9.57. The number of hydrogen-bond acceptors (Lipinski definition) is 1. The first-order chi connectivity index (χ1) is 5.22. The van der Waals surface area contributed by atoms with Crippen LogP contribution in [0.1, 0.15) is 27.2 Å². The zero-order valence-electron chi connectivity index (χ0n) is 8.39. The maximum atomic E-state index is 13.6. The Labute approximate surface area is 76.9 Å². The van der Waals surface area contributed by atoms with Crippen LogP contribution in [0.15, 0.2) is 0 Å². The summed E-state index contributed by atoms with van der Waals surface area (Å²) in [6.45, 7) is 7.04. The molecular formula is C9H19FNP. The summed E-state index contributed by atoms with van der Waals surface area (Å²) in [7, 11) is 4.33. The van der Waals surface area contributed by atoms with E-state index in [2.05, 4.69) is 34.9 Å². The van der Waals surface area contributed by atoms with Gasteiger partial charge in [0.15, 0.2) is 0 Å². The minimum atomic E-state index is -1.06. The van der Waals surface area contributed by atoms with Crippen molar-refractivity contribution in [1.29, 1.82) is 0 Å². The summed E-state index contributed by atoms with van der Waals surface area (Å²) < 4.78 is 13.6. The minimum absolute atomic E-state index is 0.180. The van der Waals surface area contributed by atoms with Gasteiger partial charge >= 0.3 is 0 Å². The smallest absolute Gasteiger partial charge is 0.137 e. The van der Waals surface area contributed by atoms with Crippen molar-refractivity contribution in [2.24, 2.45) is 5.41 Å². The monoisotopic (exact) mass is 191 g/mol. The molecule has 0 N–H and O–H groups in total. The molecule has 1 rings (SSSR count). The van der Waals surface area contributed by atoms with Crippen LogP contribution < -0.4 is 0 Å². The molecule has 0 spiro atoms. The van der Waals surface area contributed by atoms with Crippen LogP contribution in [0.25, 0.3) is 0 Å². The third-order valence-electron chi connectivity index (χ3n) is 2.58. The molecule has 72 valence electrons. The first-order valence-electron chi connectivity index (χ1n) is 4.40. The average Bonchev–Trinajstić information content (AvgIpc) is 2.03. The Morgan fingerprint density at radius 2 is 2.00 bits per heavy atom. The fourth-order valence-corrected chi connectivity index (χ4v) is 2.55. The lowest BCUT2D eigenvalue weighted by atomic mass is 9.85. The van der Waals surface area contributed by atoms with E-state index in [1.807, 2.05) is 7.05 Å². The highest BCUT2D eigenvalue weighted by atomic mass is 31.0. The van der Waals surface area contributed by atoms with Crippen molar-refractivity contribution in [2.45, 2.75) is 38.6 Å². The Bertz CT molecular complexity index is 174. The van der Waals surface area contributed by atoms with E-state index >= 15 is 0 Å². The molecule has 0 aromatic heterocycles. The summed E-state index contributed by atoms with van der Waals surface area (Å²) in [5.74, 6) is 0. The van der Waals surface area contributed by atoms with Crippen LogP contribution in [0.4, 0.5) is 4.39 Å². The molecule has 0 aromatic rings. The fraction of sp³-hybridized carbons (Fsp3) is 1.00. The van der Waals surface area contributed by atoms with Crippen LogP contribution in [-0.2, 0) is 0 Å². The van der Waals surface area contributed by atoms with E-state index in [0.717, 1.165) is 0 Å². The summed E-state index contributed by atoms with van der Waals surface area (Å²) in [5, 5.41) is -1.06. The summed E-state index contributed by atoms with van der Waals surface area (Å²) in [6.07, 6.45) is 0.637. The van der Waals surface area contributed by atoms with Gasteiger partial charge in [0.25, 0.3) is 0 Å². The van der Waals surface area contributed by atoms with E-state index in [-0.39, 0.29) is 5.41 Å². The lowest BCUT2D eigenvalue weighted by Gasteiger charge is -2.32. The van der Waals surface area contributed by atoms with Gasteiger partial charge < -0.3 is 0 Å². The van der Waals surface area contributed by atoms with Gasteiger partial charge in [-0.2, -0.15) is 0 Å². The number of likely N-dealkylation sites (tertiary alicyclic amines) is 1. The molecule has 0 aliphatic carbocycles. The van der Waals surface area contributed by atoms with Crippen molar-refractivity contribution in [2.75, 3.05) is 13.6 Å². The number of rotatable bonds is 0. The van der Waals surface area contributed by atoms with E-state index in [1.165, 1.54) is 0 Å². The van der Waals surface area contributed by atoms with Crippen LogP contribution >= 0.6 is 9.24 Å². The maximum absolute atomic E-state index is 13.6. The summed E-state index contributed by atoms with van der Waals surface area (Å²) in [5.41, 5.74) is 0.180. The van der Waals surface area contributed by atoms with E-state index in [9.17, 15) is 4.39 Å². The van der Waals surface area contributed by atoms with Crippen molar-refractivity contribution in [3.63, 3.8) is 0 Å². The third kappa shape index (κ3) is 2.17. The average molecular weight is 191 g/mol. The first-order valence-corrected chi connectivity index (χ1v) is 4.98. The van der Waals surface area contributed by atoms with Crippen molar-refractivity contribution in [3.8, 4) is 0 Å². The van der Waals surface area contributed by atoms with Gasteiger partial charge in [0.05, 0.1) is 0 Å².